The van der Waals surface area contributed by atoms with E-state index < -0.39 is 0 Å². The highest BCUT2D eigenvalue weighted by Crippen LogP contribution is 2.47. The third-order valence-electron chi connectivity index (χ3n) is 2.67. The fraction of sp³-hybridized carbons (Fsp3) is 0.667. The smallest absolute Gasteiger partial charge is 0.205 e. The van der Waals surface area contributed by atoms with Crippen LogP contribution in [0.1, 0.15) is 37.3 Å². The Bertz CT molecular complexity index is 338. The van der Waals surface area contributed by atoms with E-state index in [-0.39, 0.29) is 11.2 Å². The molecule has 70 valence electrons. The van der Waals surface area contributed by atoms with Crippen molar-refractivity contribution in [2.75, 3.05) is 0 Å². The molecule has 0 atom stereocenters. The van der Waals surface area contributed by atoms with Gasteiger partial charge in [0.2, 0.25) is 5.78 Å². The SMILES string of the molecule is CCn1ncnc1C(=O)C1(C)CC1. The molecular formula is C9H13N3O. The molecule has 4 heteroatoms. The van der Waals surface area contributed by atoms with Gasteiger partial charge in [-0.15, -0.1) is 0 Å². The van der Waals surface area contributed by atoms with Crippen molar-refractivity contribution in [3.05, 3.63) is 12.2 Å². The van der Waals surface area contributed by atoms with Gasteiger partial charge in [0.1, 0.15) is 6.33 Å². The quantitative estimate of drug-likeness (QED) is 0.657. The first kappa shape index (κ1) is 8.41. The van der Waals surface area contributed by atoms with E-state index in [4.69, 9.17) is 0 Å². The number of hydrogen-bond donors (Lipinski definition) is 0. The Balaban J connectivity index is 2.29. The summed E-state index contributed by atoms with van der Waals surface area (Å²) >= 11 is 0. The van der Waals surface area contributed by atoms with Crippen molar-refractivity contribution >= 4 is 5.78 Å². The van der Waals surface area contributed by atoms with Gasteiger partial charge in [-0.2, -0.15) is 5.10 Å². The molecule has 0 amide bonds. The Kier molecular flexibility index (Phi) is 1.71. The molecule has 1 heterocycles. The molecule has 1 aromatic heterocycles. The fourth-order valence-electron chi connectivity index (χ4n) is 1.36. The summed E-state index contributed by atoms with van der Waals surface area (Å²) in [6, 6.07) is 0. The second kappa shape index (κ2) is 2.65. The van der Waals surface area contributed by atoms with Crippen molar-refractivity contribution in [3.8, 4) is 0 Å². The summed E-state index contributed by atoms with van der Waals surface area (Å²) in [6.07, 6.45) is 3.42. The minimum Gasteiger partial charge on any atom is -0.290 e. The molecule has 1 aliphatic rings. The molecule has 0 unspecified atom stereocenters. The van der Waals surface area contributed by atoms with Gasteiger partial charge in [-0.05, 0) is 19.8 Å². The van der Waals surface area contributed by atoms with Crippen LogP contribution in [0.15, 0.2) is 6.33 Å². The Morgan fingerprint density at radius 1 is 1.69 bits per heavy atom. The first-order chi connectivity index (χ1) is 6.17. The molecule has 1 aliphatic carbocycles. The molecule has 0 aromatic carbocycles. The summed E-state index contributed by atoms with van der Waals surface area (Å²) in [6.45, 7) is 4.65. The van der Waals surface area contributed by atoms with Gasteiger partial charge in [-0.1, -0.05) is 6.92 Å². The number of ketones is 1. The maximum Gasteiger partial charge on any atom is 0.205 e. The summed E-state index contributed by atoms with van der Waals surface area (Å²) in [7, 11) is 0. The van der Waals surface area contributed by atoms with Gasteiger partial charge >= 0.3 is 0 Å². The van der Waals surface area contributed by atoms with Crippen molar-refractivity contribution in [1.82, 2.24) is 14.8 Å². The van der Waals surface area contributed by atoms with Crippen molar-refractivity contribution in [2.45, 2.75) is 33.2 Å². The number of rotatable bonds is 3. The zero-order valence-electron chi connectivity index (χ0n) is 7.95. The number of aryl methyl sites for hydroxylation is 1. The topological polar surface area (TPSA) is 47.8 Å². The number of carbonyl (C=O) groups excluding carboxylic acids is 1. The van der Waals surface area contributed by atoms with E-state index in [1.165, 1.54) is 6.33 Å². The van der Waals surface area contributed by atoms with E-state index in [1.807, 2.05) is 13.8 Å². The summed E-state index contributed by atoms with van der Waals surface area (Å²) < 4.78 is 1.66. The second-order valence-corrected chi connectivity index (χ2v) is 3.79. The highest BCUT2D eigenvalue weighted by atomic mass is 16.1. The van der Waals surface area contributed by atoms with Crippen LogP contribution in [-0.4, -0.2) is 20.5 Å². The summed E-state index contributed by atoms with van der Waals surface area (Å²) in [4.78, 5) is 15.8. The van der Waals surface area contributed by atoms with Crippen LogP contribution in [0.5, 0.6) is 0 Å². The van der Waals surface area contributed by atoms with Crippen LogP contribution in [-0.2, 0) is 6.54 Å². The minimum absolute atomic E-state index is 0.139. The predicted molar refractivity (Wildman–Crippen MR) is 47.4 cm³/mol. The summed E-state index contributed by atoms with van der Waals surface area (Å²) in [5.41, 5.74) is -0.139. The molecular weight excluding hydrogens is 166 g/mol. The Morgan fingerprint density at radius 3 is 2.92 bits per heavy atom. The molecule has 2 rings (SSSR count). The lowest BCUT2D eigenvalue weighted by Crippen LogP contribution is -2.18. The van der Waals surface area contributed by atoms with Crippen molar-refractivity contribution in [2.24, 2.45) is 5.41 Å². The minimum atomic E-state index is -0.139. The Morgan fingerprint density at radius 2 is 2.38 bits per heavy atom. The summed E-state index contributed by atoms with van der Waals surface area (Å²) in [5, 5.41) is 3.98. The van der Waals surface area contributed by atoms with Gasteiger partial charge < -0.3 is 0 Å². The average Bonchev–Trinajstić information content (AvgIpc) is 2.71. The molecule has 0 radical (unpaired) electrons. The van der Waals surface area contributed by atoms with Crippen LogP contribution < -0.4 is 0 Å². The molecule has 1 fully saturated rings. The molecule has 1 aromatic rings. The van der Waals surface area contributed by atoms with Crippen molar-refractivity contribution < 1.29 is 4.79 Å². The van der Waals surface area contributed by atoms with Crippen LogP contribution in [0, 0.1) is 5.41 Å². The van der Waals surface area contributed by atoms with Gasteiger partial charge in [-0.25, -0.2) is 9.67 Å². The first-order valence-electron chi connectivity index (χ1n) is 4.60. The number of nitrogens with zero attached hydrogens (tertiary/aromatic N) is 3. The highest BCUT2D eigenvalue weighted by Gasteiger charge is 2.46. The van der Waals surface area contributed by atoms with E-state index in [0.29, 0.717) is 12.4 Å². The van der Waals surface area contributed by atoms with Gasteiger partial charge in [-0.3, -0.25) is 4.79 Å². The molecule has 13 heavy (non-hydrogen) atoms. The molecule has 0 spiro atoms. The monoisotopic (exact) mass is 179 g/mol. The zero-order valence-corrected chi connectivity index (χ0v) is 7.95. The molecule has 0 aliphatic heterocycles. The van der Waals surface area contributed by atoms with Gasteiger partial charge in [0.15, 0.2) is 5.82 Å². The van der Waals surface area contributed by atoms with Crippen LogP contribution in [0.2, 0.25) is 0 Å². The van der Waals surface area contributed by atoms with Crippen molar-refractivity contribution in [3.63, 3.8) is 0 Å². The Hall–Kier alpha value is -1.19. The first-order valence-corrected chi connectivity index (χ1v) is 4.60. The second-order valence-electron chi connectivity index (χ2n) is 3.79. The molecule has 0 N–H and O–H groups in total. The molecule has 0 saturated heterocycles. The highest BCUT2D eigenvalue weighted by molar-refractivity contribution is 5.99. The van der Waals surface area contributed by atoms with Crippen LogP contribution in [0.25, 0.3) is 0 Å². The molecule has 1 saturated carbocycles. The van der Waals surface area contributed by atoms with E-state index >= 15 is 0 Å². The van der Waals surface area contributed by atoms with E-state index in [0.717, 1.165) is 12.8 Å². The zero-order chi connectivity index (χ0) is 9.47. The summed E-state index contributed by atoms with van der Waals surface area (Å²) in [5.74, 6) is 0.661. The van der Waals surface area contributed by atoms with Crippen LogP contribution >= 0.6 is 0 Å². The van der Waals surface area contributed by atoms with Gasteiger partial charge in [0.05, 0.1) is 0 Å². The normalized spacial score (nSPS) is 18.6. The third kappa shape index (κ3) is 1.26. The average molecular weight is 179 g/mol. The largest absolute Gasteiger partial charge is 0.290 e. The van der Waals surface area contributed by atoms with Gasteiger partial charge in [0, 0.05) is 12.0 Å². The van der Waals surface area contributed by atoms with E-state index in [9.17, 15) is 4.79 Å². The van der Waals surface area contributed by atoms with Gasteiger partial charge in [0.25, 0.3) is 0 Å². The molecule has 4 nitrogen and oxygen atoms in total. The van der Waals surface area contributed by atoms with E-state index in [1.54, 1.807) is 4.68 Å². The lowest BCUT2D eigenvalue weighted by Gasteiger charge is -2.06. The lowest BCUT2D eigenvalue weighted by atomic mass is 10.0. The third-order valence-corrected chi connectivity index (χ3v) is 2.67. The number of aromatic nitrogens is 3. The van der Waals surface area contributed by atoms with E-state index in [2.05, 4.69) is 10.1 Å². The maximum atomic E-state index is 11.8. The molecule has 0 bridgehead atoms. The van der Waals surface area contributed by atoms with Crippen molar-refractivity contribution in [1.29, 1.82) is 0 Å². The number of hydrogen-bond acceptors (Lipinski definition) is 3. The maximum absolute atomic E-state index is 11.8. The van der Waals surface area contributed by atoms with Crippen LogP contribution in [0.3, 0.4) is 0 Å². The number of carbonyl (C=O) groups is 1. The predicted octanol–water partition coefficient (Wildman–Crippen LogP) is 1.28. The standard InChI is InChI=1S/C9H13N3O/c1-3-12-8(10-6-11-12)7(13)9(2)4-5-9/h6H,3-5H2,1-2H3. The van der Waals surface area contributed by atoms with Crippen LogP contribution in [0.4, 0.5) is 0 Å². The Labute approximate surface area is 77.0 Å². The fourth-order valence-corrected chi connectivity index (χ4v) is 1.36. The lowest BCUT2D eigenvalue weighted by molar-refractivity contribution is 0.0896. The number of Topliss-reactive ketones (excluding diaryl/α,β-unsaturated/α-hetero) is 1.